The van der Waals surface area contributed by atoms with Crippen molar-refractivity contribution in [3.63, 3.8) is 0 Å². The van der Waals surface area contributed by atoms with Crippen LogP contribution in [0.25, 0.3) is 11.2 Å². The Labute approximate surface area is 222 Å². The molecule has 1 fully saturated rings. The van der Waals surface area contributed by atoms with Crippen LogP contribution in [0.15, 0.2) is 12.7 Å². The van der Waals surface area contributed by atoms with E-state index in [-0.39, 0.29) is 37.5 Å². The maximum atomic E-state index is 12.1. The Hall–Kier alpha value is -2.95. The number of imidazole rings is 1. The standard InChI is InChI=1S/C23H34N7O7P/c1-13(2)30(14(3)4)38(33-9-7-8-24)34-10-17-19(35-15(5)31)20(36-16(6)32)23(37-17)29-12-28-18-21(25)26-11-27-22(18)29/h11-14,17,19-20,23H,7,9-10H2,1-6H3,(H2,25,26,27). The van der Waals surface area contributed by atoms with E-state index in [2.05, 4.69) is 25.7 Å². The zero-order valence-electron chi connectivity index (χ0n) is 22.3. The molecule has 2 aromatic heterocycles. The van der Waals surface area contributed by atoms with Crippen LogP contribution in [0, 0.1) is 11.3 Å². The lowest BCUT2D eigenvalue weighted by Gasteiger charge is -2.36. The van der Waals surface area contributed by atoms with Gasteiger partial charge in [-0.3, -0.25) is 14.2 Å². The minimum Gasteiger partial charge on any atom is -0.456 e. The van der Waals surface area contributed by atoms with Crippen molar-refractivity contribution in [2.45, 2.75) is 84.6 Å². The minimum atomic E-state index is -1.60. The van der Waals surface area contributed by atoms with Crippen LogP contribution in [0.5, 0.6) is 0 Å². The van der Waals surface area contributed by atoms with Crippen molar-refractivity contribution in [1.29, 1.82) is 5.26 Å². The number of nitrogens with two attached hydrogens (primary N) is 1. The maximum Gasteiger partial charge on any atom is 0.303 e. The Morgan fingerprint density at radius 3 is 2.39 bits per heavy atom. The molecule has 3 heterocycles. The second-order valence-corrected chi connectivity index (χ2v) is 10.6. The van der Waals surface area contributed by atoms with Crippen LogP contribution >= 0.6 is 8.53 Å². The number of nitriles is 1. The van der Waals surface area contributed by atoms with Crippen LogP contribution in [0.2, 0.25) is 0 Å². The van der Waals surface area contributed by atoms with Crippen LogP contribution in [-0.4, -0.2) is 79.7 Å². The fourth-order valence-corrected chi connectivity index (χ4v) is 5.84. The number of nitrogen functional groups attached to an aromatic ring is 1. The van der Waals surface area contributed by atoms with E-state index in [1.54, 1.807) is 4.57 Å². The SMILES string of the molecule is CC(=O)OC1C(COP(OCCC#N)N(C(C)C)C(C)C)OC(n2cnc3c(N)ncnc32)C1OC(C)=O. The lowest BCUT2D eigenvalue weighted by Crippen LogP contribution is -2.40. The molecule has 0 aromatic carbocycles. The highest BCUT2D eigenvalue weighted by Crippen LogP contribution is 2.47. The van der Waals surface area contributed by atoms with Crippen molar-refractivity contribution in [3.05, 3.63) is 12.7 Å². The topological polar surface area (TPSA) is 177 Å². The van der Waals surface area contributed by atoms with Crippen molar-refractivity contribution in [3.8, 4) is 6.07 Å². The number of carbonyl (C=O) groups is 2. The van der Waals surface area contributed by atoms with Gasteiger partial charge in [0, 0.05) is 25.9 Å². The number of nitrogens with zero attached hydrogens (tertiary/aromatic N) is 6. The van der Waals surface area contributed by atoms with Gasteiger partial charge in [0.05, 0.1) is 32.0 Å². The Morgan fingerprint density at radius 2 is 1.79 bits per heavy atom. The van der Waals surface area contributed by atoms with Gasteiger partial charge >= 0.3 is 11.9 Å². The number of aromatic nitrogens is 4. The van der Waals surface area contributed by atoms with Gasteiger partial charge in [-0.15, -0.1) is 0 Å². The molecule has 2 N–H and O–H groups in total. The zero-order valence-corrected chi connectivity index (χ0v) is 23.2. The molecule has 5 unspecified atom stereocenters. The lowest BCUT2D eigenvalue weighted by molar-refractivity contribution is -0.165. The highest BCUT2D eigenvalue weighted by molar-refractivity contribution is 7.44. The third kappa shape index (κ3) is 6.92. The largest absolute Gasteiger partial charge is 0.456 e. The first-order chi connectivity index (χ1) is 18.0. The van der Waals surface area contributed by atoms with E-state index >= 15 is 0 Å². The van der Waals surface area contributed by atoms with Gasteiger partial charge < -0.3 is 29.0 Å². The predicted molar refractivity (Wildman–Crippen MR) is 136 cm³/mol. The third-order valence-electron chi connectivity index (χ3n) is 5.56. The first-order valence-corrected chi connectivity index (χ1v) is 13.3. The van der Waals surface area contributed by atoms with Gasteiger partial charge in [-0.05, 0) is 27.7 Å². The van der Waals surface area contributed by atoms with Gasteiger partial charge in [-0.25, -0.2) is 19.6 Å². The number of hydrogen-bond acceptors (Lipinski definition) is 13. The summed E-state index contributed by atoms with van der Waals surface area (Å²) in [6.45, 7) is 10.7. The molecule has 5 atom stereocenters. The number of rotatable bonds is 12. The fraction of sp³-hybridized carbons (Fsp3) is 0.652. The van der Waals surface area contributed by atoms with Gasteiger partial charge in [-0.1, -0.05) is 0 Å². The summed E-state index contributed by atoms with van der Waals surface area (Å²) in [4.78, 5) is 36.6. The smallest absolute Gasteiger partial charge is 0.303 e. The van der Waals surface area contributed by atoms with Gasteiger partial charge in [0.2, 0.25) is 0 Å². The highest BCUT2D eigenvalue weighted by Gasteiger charge is 2.51. The molecule has 15 heteroatoms. The summed E-state index contributed by atoms with van der Waals surface area (Å²) in [5, 5.41) is 8.96. The van der Waals surface area contributed by atoms with E-state index < -0.39 is 45.0 Å². The Balaban J connectivity index is 1.93. The normalized spacial score (nSPS) is 22.2. The molecule has 3 rings (SSSR count). The van der Waals surface area contributed by atoms with Crippen molar-refractivity contribution >= 4 is 37.4 Å². The number of hydrogen-bond donors (Lipinski definition) is 1. The van der Waals surface area contributed by atoms with Gasteiger partial charge in [0.25, 0.3) is 8.53 Å². The number of esters is 2. The molecule has 0 spiro atoms. The van der Waals surface area contributed by atoms with Crippen molar-refractivity contribution in [1.82, 2.24) is 24.2 Å². The number of ether oxygens (including phenoxy) is 3. The van der Waals surface area contributed by atoms with E-state index in [9.17, 15) is 9.59 Å². The number of carbonyl (C=O) groups excluding carboxylic acids is 2. The maximum absolute atomic E-state index is 12.1. The average Bonchev–Trinajstić information content (AvgIpc) is 3.39. The summed E-state index contributed by atoms with van der Waals surface area (Å²) < 4.78 is 33.3. The summed E-state index contributed by atoms with van der Waals surface area (Å²) in [5.41, 5.74) is 6.64. The van der Waals surface area contributed by atoms with Crippen LogP contribution in [0.1, 0.15) is 54.2 Å². The van der Waals surface area contributed by atoms with E-state index in [0.717, 1.165) is 0 Å². The molecule has 0 aliphatic carbocycles. The van der Waals surface area contributed by atoms with Gasteiger partial charge in [0.1, 0.15) is 17.9 Å². The molecule has 1 aliphatic heterocycles. The molecule has 0 bridgehead atoms. The molecule has 208 valence electrons. The van der Waals surface area contributed by atoms with Gasteiger partial charge in [-0.2, -0.15) is 5.26 Å². The van der Waals surface area contributed by atoms with Crippen LogP contribution in [-0.2, 0) is 32.8 Å². The molecule has 0 saturated carbocycles. The van der Waals surface area contributed by atoms with Crippen LogP contribution < -0.4 is 5.73 Å². The molecule has 0 amide bonds. The molecular weight excluding hydrogens is 517 g/mol. The number of fused-ring (bicyclic) bond motifs is 1. The molecule has 14 nitrogen and oxygen atoms in total. The first-order valence-electron chi connectivity index (χ1n) is 12.2. The summed E-state index contributed by atoms with van der Waals surface area (Å²) in [6, 6.07) is 2.23. The monoisotopic (exact) mass is 551 g/mol. The van der Waals surface area contributed by atoms with E-state index in [1.807, 2.05) is 27.7 Å². The Morgan fingerprint density at radius 1 is 1.13 bits per heavy atom. The zero-order chi connectivity index (χ0) is 28.0. The quantitative estimate of drug-likeness (QED) is 0.231. The van der Waals surface area contributed by atoms with Gasteiger partial charge in [0.15, 0.2) is 29.9 Å². The molecule has 1 aliphatic rings. The molecule has 2 aromatic rings. The second kappa shape index (κ2) is 13.2. The third-order valence-corrected chi connectivity index (χ3v) is 7.64. The molecule has 0 radical (unpaired) electrons. The van der Waals surface area contributed by atoms with E-state index in [1.165, 1.54) is 26.5 Å². The summed E-state index contributed by atoms with van der Waals surface area (Å²) in [5.74, 6) is -0.995. The van der Waals surface area contributed by atoms with Crippen molar-refractivity contribution in [2.24, 2.45) is 0 Å². The molecule has 38 heavy (non-hydrogen) atoms. The summed E-state index contributed by atoms with van der Waals surface area (Å²) >= 11 is 0. The minimum absolute atomic E-state index is 0.0514. The van der Waals surface area contributed by atoms with Crippen LogP contribution in [0.4, 0.5) is 5.82 Å². The van der Waals surface area contributed by atoms with Crippen molar-refractivity contribution in [2.75, 3.05) is 18.9 Å². The lowest BCUT2D eigenvalue weighted by atomic mass is 10.1. The van der Waals surface area contributed by atoms with E-state index in [0.29, 0.717) is 11.2 Å². The second-order valence-electron chi connectivity index (χ2n) is 9.14. The molecule has 1 saturated heterocycles. The highest BCUT2D eigenvalue weighted by atomic mass is 31.2. The molecular formula is C23H34N7O7P. The Kier molecular flexibility index (Phi) is 10.3. The Bertz CT molecular complexity index is 1150. The summed E-state index contributed by atoms with van der Waals surface area (Å²) in [6.07, 6.45) is -0.881. The number of anilines is 1. The van der Waals surface area contributed by atoms with Crippen LogP contribution in [0.3, 0.4) is 0 Å². The average molecular weight is 552 g/mol. The fourth-order valence-electron chi connectivity index (χ4n) is 4.22. The predicted octanol–water partition coefficient (Wildman–Crippen LogP) is 2.46. The van der Waals surface area contributed by atoms with Crippen molar-refractivity contribution < 1.29 is 32.8 Å². The first kappa shape index (κ1) is 29.6. The van der Waals surface area contributed by atoms with E-state index in [4.69, 9.17) is 34.3 Å². The summed E-state index contributed by atoms with van der Waals surface area (Å²) in [7, 11) is -1.60.